The Morgan fingerprint density at radius 2 is 2.05 bits per heavy atom. The second-order valence-corrected chi connectivity index (χ2v) is 4.68. The molecule has 1 amide bonds. The van der Waals surface area contributed by atoms with Crippen LogP contribution in [0.25, 0.3) is 0 Å². The molecule has 1 aliphatic heterocycles. The molecule has 20 heavy (non-hydrogen) atoms. The third-order valence-corrected chi connectivity index (χ3v) is 3.17. The van der Waals surface area contributed by atoms with Crippen molar-refractivity contribution in [3.63, 3.8) is 0 Å². The largest absolute Gasteiger partial charge is 0.422 e. The lowest BCUT2D eigenvalue weighted by atomic mass is 10.1. The number of rotatable bonds is 4. The highest BCUT2D eigenvalue weighted by molar-refractivity contribution is 5.67. The van der Waals surface area contributed by atoms with Gasteiger partial charge in [-0.3, -0.25) is 4.90 Å². The van der Waals surface area contributed by atoms with Gasteiger partial charge in [-0.05, 0) is 18.4 Å². The SMILES string of the molecule is O=C(OCOCc1ccccc1)N1CCCC(O)C1O. The fourth-order valence-corrected chi connectivity index (χ4v) is 2.07. The molecule has 1 heterocycles. The summed E-state index contributed by atoms with van der Waals surface area (Å²) in [5.41, 5.74) is 0.983. The number of piperidine rings is 1. The summed E-state index contributed by atoms with van der Waals surface area (Å²) in [5.74, 6) is 0. The van der Waals surface area contributed by atoms with Gasteiger partial charge in [0.15, 0.2) is 13.0 Å². The van der Waals surface area contributed by atoms with Gasteiger partial charge in [0.1, 0.15) is 0 Å². The third kappa shape index (κ3) is 3.93. The summed E-state index contributed by atoms with van der Waals surface area (Å²) in [7, 11) is 0. The third-order valence-electron chi connectivity index (χ3n) is 3.17. The average Bonchev–Trinajstić information content (AvgIpc) is 2.47. The van der Waals surface area contributed by atoms with E-state index in [4.69, 9.17) is 9.47 Å². The summed E-state index contributed by atoms with van der Waals surface area (Å²) in [4.78, 5) is 12.8. The van der Waals surface area contributed by atoms with Crippen molar-refractivity contribution in [1.29, 1.82) is 0 Å². The molecule has 2 N–H and O–H groups in total. The monoisotopic (exact) mass is 281 g/mol. The molecule has 1 aromatic rings. The number of hydrogen-bond donors (Lipinski definition) is 2. The number of amides is 1. The van der Waals surface area contributed by atoms with Crippen molar-refractivity contribution in [3.05, 3.63) is 35.9 Å². The maximum Gasteiger partial charge on any atom is 0.414 e. The van der Waals surface area contributed by atoms with E-state index < -0.39 is 18.4 Å². The highest BCUT2D eigenvalue weighted by Crippen LogP contribution is 2.16. The number of aliphatic hydroxyl groups excluding tert-OH is 2. The van der Waals surface area contributed by atoms with Crippen molar-refractivity contribution in [2.24, 2.45) is 0 Å². The molecule has 0 saturated carbocycles. The molecule has 0 radical (unpaired) electrons. The van der Waals surface area contributed by atoms with Gasteiger partial charge in [-0.1, -0.05) is 30.3 Å². The van der Waals surface area contributed by atoms with Gasteiger partial charge in [0.2, 0.25) is 0 Å². The minimum absolute atomic E-state index is 0.187. The summed E-state index contributed by atoms with van der Waals surface area (Å²) in [6.07, 6.45) is -1.68. The fraction of sp³-hybridized carbons (Fsp3) is 0.500. The first-order chi connectivity index (χ1) is 9.68. The van der Waals surface area contributed by atoms with Crippen molar-refractivity contribution >= 4 is 6.09 Å². The van der Waals surface area contributed by atoms with E-state index in [2.05, 4.69) is 0 Å². The van der Waals surface area contributed by atoms with E-state index in [0.717, 1.165) is 10.5 Å². The molecule has 1 fully saturated rings. The van der Waals surface area contributed by atoms with E-state index in [9.17, 15) is 15.0 Å². The Bertz CT molecular complexity index is 425. The molecule has 0 bridgehead atoms. The molecule has 2 rings (SSSR count). The van der Waals surface area contributed by atoms with Gasteiger partial charge in [-0.25, -0.2) is 4.79 Å². The van der Waals surface area contributed by atoms with Crippen LogP contribution in [0, 0.1) is 0 Å². The van der Waals surface area contributed by atoms with Crippen LogP contribution < -0.4 is 0 Å². The molecule has 0 aromatic heterocycles. The Hall–Kier alpha value is -1.63. The van der Waals surface area contributed by atoms with Crippen LogP contribution in [0.4, 0.5) is 4.79 Å². The summed E-state index contributed by atoms with van der Waals surface area (Å²) in [5, 5.41) is 19.2. The van der Waals surface area contributed by atoms with Crippen molar-refractivity contribution in [2.75, 3.05) is 13.3 Å². The molecule has 2 atom stereocenters. The summed E-state index contributed by atoms with van der Waals surface area (Å²) < 4.78 is 10.1. The van der Waals surface area contributed by atoms with Crippen LogP contribution in [0.2, 0.25) is 0 Å². The number of carbonyl (C=O) groups is 1. The molecular weight excluding hydrogens is 262 g/mol. The predicted molar refractivity (Wildman–Crippen MR) is 70.5 cm³/mol. The highest BCUT2D eigenvalue weighted by atomic mass is 16.7. The number of benzene rings is 1. The lowest BCUT2D eigenvalue weighted by Gasteiger charge is -2.34. The molecule has 0 aliphatic carbocycles. The maximum absolute atomic E-state index is 11.7. The second-order valence-electron chi connectivity index (χ2n) is 4.68. The molecule has 6 nitrogen and oxygen atoms in total. The molecular formula is C14H19NO5. The summed E-state index contributed by atoms with van der Waals surface area (Å²) in [6, 6.07) is 9.53. The van der Waals surface area contributed by atoms with E-state index in [1.165, 1.54) is 0 Å². The highest BCUT2D eigenvalue weighted by Gasteiger charge is 2.32. The number of nitrogens with zero attached hydrogens (tertiary/aromatic N) is 1. The van der Waals surface area contributed by atoms with Crippen LogP contribution in [0.1, 0.15) is 18.4 Å². The van der Waals surface area contributed by atoms with E-state index >= 15 is 0 Å². The summed E-state index contributed by atoms with van der Waals surface area (Å²) >= 11 is 0. The topological polar surface area (TPSA) is 79.2 Å². The quantitative estimate of drug-likeness (QED) is 0.637. The van der Waals surface area contributed by atoms with E-state index in [-0.39, 0.29) is 6.79 Å². The molecule has 1 aliphatic rings. The Morgan fingerprint density at radius 1 is 1.30 bits per heavy atom. The Kier molecular flexibility index (Phi) is 5.34. The minimum Gasteiger partial charge on any atom is -0.422 e. The van der Waals surface area contributed by atoms with Crippen LogP contribution in [0.3, 0.4) is 0 Å². The zero-order valence-electron chi connectivity index (χ0n) is 11.1. The number of likely N-dealkylation sites (tertiary alicyclic amines) is 1. The van der Waals surface area contributed by atoms with Crippen molar-refractivity contribution in [3.8, 4) is 0 Å². The number of ether oxygens (including phenoxy) is 2. The lowest BCUT2D eigenvalue weighted by Crippen LogP contribution is -2.51. The van der Waals surface area contributed by atoms with Crippen molar-refractivity contribution < 1.29 is 24.5 Å². The van der Waals surface area contributed by atoms with Crippen LogP contribution in [-0.4, -0.2) is 46.9 Å². The summed E-state index contributed by atoms with van der Waals surface area (Å²) in [6.45, 7) is 0.530. The first kappa shape index (κ1) is 14.8. The maximum atomic E-state index is 11.7. The molecule has 6 heteroatoms. The first-order valence-electron chi connectivity index (χ1n) is 6.59. The smallest absolute Gasteiger partial charge is 0.414 e. The van der Waals surface area contributed by atoms with Gasteiger partial charge in [0.05, 0.1) is 12.7 Å². The van der Waals surface area contributed by atoms with Crippen molar-refractivity contribution in [2.45, 2.75) is 31.8 Å². The van der Waals surface area contributed by atoms with Gasteiger partial charge >= 0.3 is 6.09 Å². The molecule has 110 valence electrons. The molecule has 1 aromatic carbocycles. The predicted octanol–water partition coefficient (Wildman–Crippen LogP) is 1.07. The van der Waals surface area contributed by atoms with E-state index in [1.54, 1.807) is 0 Å². The minimum atomic E-state index is -1.20. The van der Waals surface area contributed by atoms with Crippen LogP contribution in [0.15, 0.2) is 30.3 Å². The average molecular weight is 281 g/mol. The van der Waals surface area contributed by atoms with Crippen LogP contribution in [-0.2, 0) is 16.1 Å². The lowest BCUT2D eigenvalue weighted by molar-refractivity contribution is -0.110. The van der Waals surface area contributed by atoms with Gasteiger partial charge in [-0.2, -0.15) is 0 Å². The fourth-order valence-electron chi connectivity index (χ4n) is 2.07. The van der Waals surface area contributed by atoms with Gasteiger partial charge in [0.25, 0.3) is 0 Å². The Labute approximate surface area is 117 Å². The Balaban J connectivity index is 1.70. The molecule has 2 unspecified atom stereocenters. The van der Waals surface area contributed by atoms with Gasteiger partial charge < -0.3 is 19.7 Å². The number of aliphatic hydroxyl groups is 2. The van der Waals surface area contributed by atoms with E-state index in [1.807, 2.05) is 30.3 Å². The van der Waals surface area contributed by atoms with Crippen LogP contribution in [0.5, 0.6) is 0 Å². The molecule has 1 saturated heterocycles. The zero-order valence-corrected chi connectivity index (χ0v) is 11.1. The van der Waals surface area contributed by atoms with E-state index in [0.29, 0.717) is 26.0 Å². The van der Waals surface area contributed by atoms with Crippen LogP contribution >= 0.6 is 0 Å². The molecule has 0 spiro atoms. The number of hydrogen-bond acceptors (Lipinski definition) is 5. The van der Waals surface area contributed by atoms with Crippen molar-refractivity contribution in [1.82, 2.24) is 4.90 Å². The zero-order chi connectivity index (χ0) is 14.4. The first-order valence-corrected chi connectivity index (χ1v) is 6.59. The van der Waals surface area contributed by atoms with Gasteiger partial charge in [0, 0.05) is 6.54 Å². The second kappa shape index (κ2) is 7.23. The normalized spacial score (nSPS) is 22.6. The van der Waals surface area contributed by atoms with Gasteiger partial charge in [-0.15, -0.1) is 0 Å². The Morgan fingerprint density at radius 3 is 2.80 bits per heavy atom. The standard InChI is InChI=1S/C14H19NO5/c16-12-7-4-8-15(13(12)17)14(18)20-10-19-9-11-5-2-1-3-6-11/h1-3,5-6,12-13,16-17H,4,7-10H2. The number of carbonyl (C=O) groups excluding carboxylic acids is 1.